The molecular weight excluding hydrogens is 340 g/mol. The molecule has 0 unspecified atom stereocenters. The summed E-state index contributed by atoms with van der Waals surface area (Å²) in [7, 11) is 0. The average Bonchev–Trinajstić information content (AvgIpc) is 2.86. The Bertz CT molecular complexity index is 800. The maximum Gasteiger partial charge on any atom is 0.261 e. The largest absolute Gasteiger partial charge is 0.352 e. The van der Waals surface area contributed by atoms with Gasteiger partial charge in [0.15, 0.2) is 0 Å². The smallest absolute Gasteiger partial charge is 0.261 e. The molecule has 0 radical (unpaired) electrons. The third-order valence-electron chi connectivity index (χ3n) is 4.06. The van der Waals surface area contributed by atoms with Gasteiger partial charge < -0.3 is 5.32 Å². The van der Waals surface area contributed by atoms with E-state index in [1.807, 2.05) is 0 Å². The van der Waals surface area contributed by atoms with Crippen LogP contribution >= 0.6 is 11.6 Å². The Morgan fingerprint density at radius 3 is 2.28 bits per heavy atom. The summed E-state index contributed by atoms with van der Waals surface area (Å²) in [5, 5.41) is 3.32. The first-order valence-electron chi connectivity index (χ1n) is 8.07. The molecule has 3 amide bonds. The van der Waals surface area contributed by atoms with Gasteiger partial charge in [0, 0.05) is 23.7 Å². The number of benzene rings is 2. The van der Waals surface area contributed by atoms with Crippen molar-refractivity contribution in [1.82, 2.24) is 10.2 Å². The number of hydrogen-bond acceptors (Lipinski definition) is 3. The van der Waals surface area contributed by atoms with Crippen LogP contribution in [0.4, 0.5) is 0 Å². The molecule has 1 aliphatic heterocycles. The summed E-state index contributed by atoms with van der Waals surface area (Å²) in [6, 6.07) is 13.6. The van der Waals surface area contributed by atoms with Gasteiger partial charge in [-0.2, -0.15) is 0 Å². The van der Waals surface area contributed by atoms with Crippen LogP contribution in [0.5, 0.6) is 0 Å². The van der Waals surface area contributed by atoms with Crippen molar-refractivity contribution in [2.75, 3.05) is 13.1 Å². The molecule has 2 aromatic rings. The molecule has 0 bridgehead atoms. The molecule has 0 spiro atoms. The molecule has 1 aliphatic rings. The van der Waals surface area contributed by atoms with E-state index in [0.29, 0.717) is 47.6 Å². The van der Waals surface area contributed by atoms with Crippen LogP contribution in [0.3, 0.4) is 0 Å². The molecule has 1 heterocycles. The molecule has 3 rings (SSSR count). The van der Waals surface area contributed by atoms with Gasteiger partial charge in [-0.1, -0.05) is 29.8 Å². The van der Waals surface area contributed by atoms with Crippen molar-refractivity contribution in [3.05, 3.63) is 70.2 Å². The SMILES string of the molecule is O=C(NCCCCN1C(=O)c2ccccc2C1=O)c1cccc(Cl)c1. The molecule has 6 heteroatoms. The number of carbonyl (C=O) groups excluding carboxylic acids is 3. The van der Waals surface area contributed by atoms with Gasteiger partial charge in [0.1, 0.15) is 0 Å². The van der Waals surface area contributed by atoms with Gasteiger partial charge in [-0.25, -0.2) is 0 Å². The van der Waals surface area contributed by atoms with Gasteiger partial charge in [-0.3, -0.25) is 19.3 Å². The third-order valence-corrected chi connectivity index (χ3v) is 4.29. The minimum atomic E-state index is -0.247. The first kappa shape index (κ1) is 17.2. The van der Waals surface area contributed by atoms with Crippen molar-refractivity contribution in [3.63, 3.8) is 0 Å². The highest BCUT2D eigenvalue weighted by Crippen LogP contribution is 2.22. The fraction of sp³-hybridized carbons (Fsp3) is 0.211. The standard InChI is InChI=1S/C19H17ClN2O3/c20-14-7-5-6-13(12-14)17(23)21-10-3-4-11-22-18(24)15-8-1-2-9-16(15)19(22)25/h1-2,5-9,12H,3-4,10-11H2,(H,21,23). The fourth-order valence-electron chi connectivity index (χ4n) is 2.77. The predicted molar refractivity (Wildman–Crippen MR) is 94.8 cm³/mol. The van der Waals surface area contributed by atoms with Crippen molar-refractivity contribution in [3.8, 4) is 0 Å². The number of carbonyl (C=O) groups is 3. The summed E-state index contributed by atoms with van der Waals surface area (Å²) in [4.78, 5) is 37.7. The number of unbranched alkanes of at least 4 members (excludes halogenated alkanes) is 1. The van der Waals surface area contributed by atoms with Crippen LogP contribution in [0, 0.1) is 0 Å². The number of imide groups is 1. The molecule has 128 valence electrons. The second-order valence-electron chi connectivity index (χ2n) is 5.78. The number of amides is 3. The Kier molecular flexibility index (Phi) is 5.14. The molecule has 25 heavy (non-hydrogen) atoms. The van der Waals surface area contributed by atoms with Crippen LogP contribution in [0.2, 0.25) is 5.02 Å². The highest BCUT2D eigenvalue weighted by Gasteiger charge is 2.34. The molecule has 0 aliphatic carbocycles. The topological polar surface area (TPSA) is 66.5 Å². The molecule has 0 fully saturated rings. The number of rotatable bonds is 6. The summed E-state index contributed by atoms with van der Waals surface area (Å²) < 4.78 is 0. The predicted octanol–water partition coefficient (Wildman–Crippen LogP) is 3.15. The summed E-state index contributed by atoms with van der Waals surface area (Å²) in [6.07, 6.45) is 1.29. The lowest BCUT2D eigenvalue weighted by atomic mass is 10.1. The van der Waals surface area contributed by atoms with Crippen LogP contribution < -0.4 is 5.32 Å². The van der Waals surface area contributed by atoms with Crippen LogP contribution in [-0.4, -0.2) is 35.7 Å². The molecule has 5 nitrogen and oxygen atoms in total. The highest BCUT2D eigenvalue weighted by atomic mass is 35.5. The van der Waals surface area contributed by atoms with Crippen molar-refractivity contribution < 1.29 is 14.4 Å². The molecule has 0 saturated carbocycles. The van der Waals surface area contributed by atoms with Crippen LogP contribution in [-0.2, 0) is 0 Å². The number of fused-ring (bicyclic) bond motifs is 1. The number of halogens is 1. The number of nitrogens with zero attached hydrogens (tertiary/aromatic N) is 1. The van der Waals surface area contributed by atoms with E-state index in [1.54, 1.807) is 48.5 Å². The Hall–Kier alpha value is -2.66. The van der Waals surface area contributed by atoms with Gasteiger partial charge in [0.05, 0.1) is 11.1 Å². The maximum atomic E-state index is 12.2. The lowest BCUT2D eigenvalue weighted by molar-refractivity contribution is 0.0650. The summed E-state index contributed by atoms with van der Waals surface area (Å²) in [6.45, 7) is 0.813. The van der Waals surface area contributed by atoms with Gasteiger partial charge in [0.25, 0.3) is 17.7 Å². The second-order valence-corrected chi connectivity index (χ2v) is 6.22. The second kappa shape index (κ2) is 7.49. The van der Waals surface area contributed by atoms with E-state index in [4.69, 9.17) is 11.6 Å². The lowest BCUT2D eigenvalue weighted by Crippen LogP contribution is -2.31. The zero-order valence-electron chi connectivity index (χ0n) is 13.5. The minimum Gasteiger partial charge on any atom is -0.352 e. The van der Waals surface area contributed by atoms with E-state index >= 15 is 0 Å². The summed E-state index contributed by atoms with van der Waals surface area (Å²) in [5.74, 6) is -0.685. The van der Waals surface area contributed by atoms with E-state index in [-0.39, 0.29) is 17.7 Å². The molecule has 1 N–H and O–H groups in total. The summed E-state index contributed by atoms with van der Waals surface area (Å²) >= 11 is 5.86. The van der Waals surface area contributed by atoms with Crippen molar-refractivity contribution in [2.45, 2.75) is 12.8 Å². The Labute approximate surface area is 150 Å². The third kappa shape index (κ3) is 3.72. The molecule has 0 atom stereocenters. The summed E-state index contributed by atoms with van der Waals surface area (Å²) in [5.41, 5.74) is 1.43. The van der Waals surface area contributed by atoms with Crippen molar-refractivity contribution >= 4 is 29.3 Å². The van der Waals surface area contributed by atoms with Gasteiger partial charge in [0.2, 0.25) is 0 Å². The first-order valence-corrected chi connectivity index (χ1v) is 8.45. The van der Waals surface area contributed by atoms with E-state index in [0.717, 1.165) is 0 Å². The molecule has 0 saturated heterocycles. The first-order chi connectivity index (χ1) is 12.1. The monoisotopic (exact) mass is 356 g/mol. The van der Waals surface area contributed by atoms with Gasteiger partial charge in [-0.15, -0.1) is 0 Å². The van der Waals surface area contributed by atoms with E-state index < -0.39 is 0 Å². The molecular formula is C19H17ClN2O3. The average molecular weight is 357 g/mol. The van der Waals surface area contributed by atoms with Gasteiger partial charge in [-0.05, 0) is 43.2 Å². The van der Waals surface area contributed by atoms with Crippen molar-refractivity contribution in [1.29, 1.82) is 0 Å². The maximum absolute atomic E-state index is 12.2. The lowest BCUT2D eigenvalue weighted by Gasteiger charge is -2.13. The Morgan fingerprint density at radius 1 is 0.960 bits per heavy atom. The van der Waals surface area contributed by atoms with E-state index in [2.05, 4.69) is 5.32 Å². The molecule has 0 aromatic heterocycles. The number of hydrogen-bond donors (Lipinski definition) is 1. The normalized spacial score (nSPS) is 13.1. The van der Waals surface area contributed by atoms with Crippen LogP contribution in [0.1, 0.15) is 43.9 Å². The zero-order chi connectivity index (χ0) is 17.8. The minimum absolute atomic E-state index is 0.191. The Morgan fingerprint density at radius 2 is 1.64 bits per heavy atom. The van der Waals surface area contributed by atoms with E-state index in [1.165, 1.54) is 4.90 Å². The zero-order valence-corrected chi connectivity index (χ0v) is 14.3. The quantitative estimate of drug-likeness (QED) is 0.638. The molecule has 2 aromatic carbocycles. The van der Waals surface area contributed by atoms with Crippen LogP contribution in [0.15, 0.2) is 48.5 Å². The van der Waals surface area contributed by atoms with Crippen molar-refractivity contribution in [2.24, 2.45) is 0 Å². The fourth-order valence-corrected chi connectivity index (χ4v) is 2.96. The van der Waals surface area contributed by atoms with Gasteiger partial charge >= 0.3 is 0 Å². The highest BCUT2D eigenvalue weighted by molar-refractivity contribution is 6.31. The Balaban J connectivity index is 1.44. The van der Waals surface area contributed by atoms with Crippen LogP contribution in [0.25, 0.3) is 0 Å². The number of nitrogens with one attached hydrogen (secondary N) is 1. The van der Waals surface area contributed by atoms with E-state index in [9.17, 15) is 14.4 Å².